The van der Waals surface area contributed by atoms with Crippen LogP contribution in [0, 0.1) is 0 Å². The molecule has 0 saturated carbocycles. The third-order valence-electron chi connectivity index (χ3n) is 5.05. The first-order valence-electron chi connectivity index (χ1n) is 10.5. The van der Waals surface area contributed by atoms with E-state index in [4.69, 9.17) is 33.2 Å². The molecular weight excluding hydrogens is 375 g/mol. The highest BCUT2D eigenvalue weighted by molar-refractivity contribution is 7.65. The van der Waals surface area contributed by atoms with E-state index >= 15 is 0 Å². The molecule has 0 heterocycles. The summed E-state index contributed by atoms with van der Waals surface area (Å²) in [5.74, 6) is 0. The van der Waals surface area contributed by atoms with Crippen molar-refractivity contribution in [1.82, 2.24) is 0 Å². The maximum absolute atomic E-state index is 6.02. The van der Waals surface area contributed by atoms with Gasteiger partial charge in [-0.25, -0.2) is 0 Å². The van der Waals surface area contributed by atoms with Gasteiger partial charge in [0, 0.05) is 0 Å². The standard InChI is InChI=1S/C20H41Cl3Si/c1-3-4-5-6-7-8-9-10-11-12-13-14-15-16-17-18-19-20(2)24(21,22)23/h20H,3-19H2,1-2H3. The van der Waals surface area contributed by atoms with Crippen LogP contribution in [0.2, 0.25) is 5.54 Å². The summed E-state index contributed by atoms with van der Waals surface area (Å²) in [6.07, 6.45) is 23.6. The van der Waals surface area contributed by atoms with Crippen LogP contribution in [0.4, 0.5) is 0 Å². The van der Waals surface area contributed by atoms with Crippen LogP contribution in [0.15, 0.2) is 0 Å². The fourth-order valence-corrected chi connectivity index (χ4v) is 4.68. The molecular formula is C20H41Cl3Si. The average molecular weight is 416 g/mol. The molecule has 0 saturated heterocycles. The Morgan fingerprint density at radius 3 is 1.12 bits per heavy atom. The molecule has 1 unspecified atom stereocenters. The molecule has 0 radical (unpaired) electrons. The van der Waals surface area contributed by atoms with Crippen LogP contribution in [0.3, 0.4) is 0 Å². The van der Waals surface area contributed by atoms with Crippen LogP contribution in [0.25, 0.3) is 0 Å². The minimum atomic E-state index is -2.45. The molecule has 0 rings (SSSR count). The first-order valence-corrected chi connectivity index (χ1v) is 15.7. The lowest BCUT2D eigenvalue weighted by molar-refractivity contribution is 0.526. The summed E-state index contributed by atoms with van der Waals surface area (Å²) in [5.41, 5.74) is 0.300. The van der Waals surface area contributed by atoms with Crippen LogP contribution in [0.5, 0.6) is 0 Å². The number of hydrogen-bond acceptors (Lipinski definition) is 0. The maximum atomic E-state index is 6.02. The van der Waals surface area contributed by atoms with Gasteiger partial charge in [0.05, 0.1) is 0 Å². The van der Waals surface area contributed by atoms with Crippen LogP contribution in [0.1, 0.15) is 123 Å². The number of unbranched alkanes of at least 4 members (excludes halogenated alkanes) is 15. The Labute approximate surface area is 167 Å². The van der Waals surface area contributed by atoms with Gasteiger partial charge in [0.1, 0.15) is 0 Å². The molecule has 0 aliphatic heterocycles. The van der Waals surface area contributed by atoms with E-state index in [2.05, 4.69) is 13.8 Å². The number of halogens is 3. The largest absolute Gasteiger partial charge is 0.344 e. The van der Waals surface area contributed by atoms with Gasteiger partial charge in [-0.15, -0.1) is 33.2 Å². The first kappa shape index (κ1) is 25.1. The minimum Gasteiger partial charge on any atom is -0.126 e. The number of rotatable bonds is 18. The average Bonchev–Trinajstić information content (AvgIpc) is 2.53. The molecule has 0 spiro atoms. The quantitative estimate of drug-likeness (QED) is 0.119. The molecule has 0 aromatic rings. The van der Waals surface area contributed by atoms with E-state index in [1.807, 2.05) is 0 Å². The van der Waals surface area contributed by atoms with Crippen molar-refractivity contribution >= 4 is 39.2 Å². The maximum Gasteiger partial charge on any atom is 0.344 e. The number of hydrogen-bond donors (Lipinski definition) is 0. The highest BCUT2D eigenvalue weighted by Gasteiger charge is 2.32. The van der Waals surface area contributed by atoms with E-state index < -0.39 is 6.00 Å². The monoisotopic (exact) mass is 414 g/mol. The first-order chi connectivity index (χ1) is 11.5. The summed E-state index contributed by atoms with van der Waals surface area (Å²) < 4.78 is 0. The zero-order valence-electron chi connectivity index (χ0n) is 16.2. The Morgan fingerprint density at radius 2 is 0.833 bits per heavy atom. The van der Waals surface area contributed by atoms with Crippen LogP contribution in [-0.2, 0) is 0 Å². The van der Waals surface area contributed by atoms with E-state index in [0.29, 0.717) is 5.54 Å². The molecule has 0 N–H and O–H groups in total. The molecule has 0 bridgehead atoms. The lowest BCUT2D eigenvalue weighted by Crippen LogP contribution is -2.16. The zero-order valence-corrected chi connectivity index (χ0v) is 19.5. The second-order valence-electron chi connectivity index (χ2n) is 7.53. The lowest BCUT2D eigenvalue weighted by atomic mass is 10.0. The normalized spacial score (nSPS) is 13.4. The van der Waals surface area contributed by atoms with Crippen LogP contribution >= 0.6 is 33.2 Å². The van der Waals surface area contributed by atoms with E-state index in [1.165, 1.54) is 103 Å². The van der Waals surface area contributed by atoms with Gasteiger partial charge in [0.15, 0.2) is 0 Å². The third kappa shape index (κ3) is 17.9. The molecule has 0 aliphatic carbocycles. The summed E-state index contributed by atoms with van der Waals surface area (Å²) in [6, 6.07) is -2.45. The van der Waals surface area contributed by atoms with Gasteiger partial charge in [-0.05, 0) is 12.0 Å². The van der Waals surface area contributed by atoms with Crippen molar-refractivity contribution in [2.24, 2.45) is 0 Å². The minimum absolute atomic E-state index is 0.300. The fourth-order valence-electron chi connectivity index (χ4n) is 3.16. The van der Waals surface area contributed by atoms with Crippen molar-refractivity contribution in [3.8, 4) is 0 Å². The van der Waals surface area contributed by atoms with Gasteiger partial charge in [0.25, 0.3) is 0 Å². The molecule has 0 amide bonds. The van der Waals surface area contributed by atoms with E-state index in [-0.39, 0.29) is 0 Å². The van der Waals surface area contributed by atoms with Crippen molar-refractivity contribution in [2.75, 3.05) is 0 Å². The molecule has 0 nitrogen and oxygen atoms in total. The van der Waals surface area contributed by atoms with Gasteiger partial charge in [-0.3, -0.25) is 0 Å². The van der Waals surface area contributed by atoms with Gasteiger partial charge >= 0.3 is 6.00 Å². The SMILES string of the molecule is CCCCCCCCCCCCCCCCCCC(C)[Si](Cl)(Cl)Cl. The Bertz CT molecular complexity index is 254. The Hall–Kier alpha value is 1.09. The highest BCUT2D eigenvalue weighted by atomic mass is 35.8. The van der Waals surface area contributed by atoms with Crippen LogP contribution < -0.4 is 0 Å². The Kier molecular flexibility index (Phi) is 18.3. The fraction of sp³-hybridized carbons (Fsp3) is 1.00. The second-order valence-corrected chi connectivity index (χ2v) is 16.7. The molecule has 24 heavy (non-hydrogen) atoms. The van der Waals surface area contributed by atoms with Gasteiger partial charge in [-0.2, -0.15) is 0 Å². The van der Waals surface area contributed by atoms with Gasteiger partial charge in [0.2, 0.25) is 0 Å². The van der Waals surface area contributed by atoms with E-state index in [9.17, 15) is 0 Å². The summed E-state index contributed by atoms with van der Waals surface area (Å²) in [4.78, 5) is 0. The van der Waals surface area contributed by atoms with Crippen molar-refractivity contribution < 1.29 is 0 Å². The van der Waals surface area contributed by atoms with Crippen molar-refractivity contribution in [3.05, 3.63) is 0 Å². The Balaban J connectivity index is 3.10. The highest BCUT2D eigenvalue weighted by Crippen LogP contribution is 2.37. The van der Waals surface area contributed by atoms with Crippen LogP contribution in [-0.4, -0.2) is 6.00 Å². The third-order valence-corrected chi connectivity index (χ3v) is 9.81. The summed E-state index contributed by atoms with van der Waals surface area (Å²) >= 11 is 18.1. The Morgan fingerprint density at radius 1 is 0.542 bits per heavy atom. The van der Waals surface area contributed by atoms with Gasteiger partial charge < -0.3 is 0 Å². The lowest BCUT2D eigenvalue weighted by Gasteiger charge is -2.16. The van der Waals surface area contributed by atoms with E-state index in [0.717, 1.165) is 6.42 Å². The smallest absolute Gasteiger partial charge is 0.126 e. The summed E-state index contributed by atoms with van der Waals surface area (Å²) in [7, 11) is 0. The summed E-state index contributed by atoms with van der Waals surface area (Å²) in [6.45, 7) is 4.37. The molecule has 4 heteroatoms. The van der Waals surface area contributed by atoms with E-state index in [1.54, 1.807) is 0 Å². The molecule has 1 atom stereocenters. The van der Waals surface area contributed by atoms with Crippen molar-refractivity contribution in [3.63, 3.8) is 0 Å². The molecule has 0 aromatic carbocycles. The van der Waals surface area contributed by atoms with Gasteiger partial charge in [-0.1, -0.05) is 117 Å². The topological polar surface area (TPSA) is 0 Å². The zero-order chi connectivity index (χ0) is 18.1. The van der Waals surface area contributed by atoms with Crippen molar-refractivity contribution in [1.29, 1.82) is 0 Å². The summed E-state index contributed by atoms with van der Waals surface area (Å²) in [5, 5.41) is 0. The molecule has 0 aromatic heterocycles. The predicted octanol–water partition coefficient (Wildman–Crippen LogP) is 9.68. The molecule has 146 valence electrons. The predicted molar refractivity (Wildman–Crippen MR) is 117 cm³/mol. The molecule has 0 aliphatic rings. The molecule has 0 fully saturated rings. The second kappa shape index (κ2) is 17.5. The van der Waals surface area contributed by atoms with Crippen molar-refractivity contribution in [2.45, 2.75) is 129 Å².